The molecule has 2 N–H and O–H groups in total. The lowest BCUT2D eigenvalue weighted by molar-refractivity contribution is 0.0939. The molecule has 0 aliphatic rings. The average Bonchev–Trinajstić information content (AvgIpc) is 2.58. The third-order valence-electron chi connectivity index (χ3n) is 3.43. The van der Waals surface area contributed by atoms with E-state index in [1.54, 1.807) is 18.2 Å². The van der Waals surface area contributed by atoms with Crippen LogP contribution < -0.4 is 10.6 Å². The van der Waals surface area contributed by atoms with Crippen molar-refractivity contribution < 1.29 is 9.59 Å². The maximum atomic E-state index is 12.3. The van der Waals surface area contributed by atoms with Crippen molar-refractivity contribution in [2.45, 2.75) is 26.3 Å². The van der Waals surface area contributed by atoms with E-state index in [0.29, 0.717) is 21.3 Å². The van der Waals surface area contributed by atoms with Crippen LogP contribution in [0.5, 0.6) is 0 Å². The van der Waals surface area contributed by atoms with Gasteiger partial charge in [-0.05, 0) is 37.6 Å². The molecular weight excluding hydrogens is 349 g/mol. The van der Waals surface area contributed by atoms with E-state index in [9.17, 15) is 9.59 Å². The molecule has 0 aliphatic heterocycles. The maximum absolute atomic E-state index is 12.3. The fraction of sp³-hybridized carbons (Fsp3) is 0.235. The van der Waals surface area contributed by atoms with E-state index in [1.807, 2.05) is 13.8 Å². The van der Waals surface area contributed by atoms with Gasteiger partial charge in [-0.1, -0.05) is 30.1 Å². The number of carbonyl (C=O) groups is 2. The molecule has 0 bridgehead atoms. The van der Waals surface area contributed by atoms with Gasteiger partial charge in [0.05, 0.1) is 21.2 Å². The first-order valence-corrected chi connectivity index (χ1v) is 8.18. The van der Waals surface area contributed by atoms with Crippen molar-refractivity contribution in [3.63, 3.8) is 0 Å². The van der Waals surface area contributed by atoms with Crippen LogP contribution in [0, 0.1) is 0 Å². The highest BCUT2D eigenvalue weighted by Gasteiger charge is 2.13. The Morgan fingerprint density at radius 3 is 2.38 bits per heavy atom. The van der Waals surface area contributed by atoms with Crippen LogP contribution in [-0.2, 0) is 0 Å². The Kier molecular flexibility index (Phi) is 6.17. The minimum Gasteiger partial charge on any atom is -0.350 e. The van der Waals surface area contributed by atoms with E-state index in [-0.39, 0.29) is 23.4 Å². The van der Waals surface area contributed by atoms with Gasteiger partial charge in [-0.2, -0.15) is 0 Å². The second-order valence-electron chi connectivity index (χ2n) is 5.33. The number of amides is 2. The van der Waals surface area contributed by atoms with Gasteiger partial charge in [0.15, 0.2) is 0 Å². The van der Waals surface area contributed by atoms with Crippen molar-refractivity contribution >= 4 is 40.7 Å². The predicted octanol–water partition coefficient (Wildman–Crippen LogP) is 4.17. The minimum atomic E-state index is -0.390. The fourth-order valence-electron chi connectivity index (χ4n) is 1.87. The summed E-state index contributed by atoms with van der Waals surface area (Å²) in [6, 6.07) is 6.32. The van der Waals surface area contributed by atoms with Gasteiger partial charge in [0.25, 0.3) is 11.8 Å². The number of nitrogens with one attached hydrogen (secondary N) is 2. The fourth-order valence-corrected chi connectivity index (χ4v) is 2.17. The van der Waals surface area contributed by atoms with Crippen molar-refractivity contribution in [1.82, 2.24) is 10.3 Å². The Balaban J connectivity index is 2.13. The van der Waals surface area contributed by atoms with E-state index >= 15 is 0 Å². The molecule has 0 aliphatic carbocycles. The smallest absolute Gasteiger partial charge is 0.257 e. The van der Waals surface area contributed by atoms with Gasteiger partial charge < -0.3 is 10.6 Å². The summed E-state index contributed by atoms with van der Waals surface area (Å²) in [7, 11) is 0. The molecule has 0 fully saturated rings. The quantitative estimate of drug-likeness (QED) is 0.834. The molecule has 2 rings (SSSR count). The summed E-state index contributed by atoms with van der Waals surface area (Å²) >= 11 is 11.8. The number of benzene rings is 1. The second kappa shape index (κ2) is 8.13. The van der Waals surface area contributed by atoms with Crippen LogP contribution in [0.1, 0.15) is 41.0 Å². The van der Waals surface area contributed by atoms with Gasteiger partial charge in [-0.25, -0.2) is 0 Å². The second-order valence-corrected chi connectivity index (χ2v) is 6.14. The van der Waals surface area contributed by atoms with Crippen LogP contribution in [0.2, 0.25) is 10.0 Å². The number of halogens is 2. The molecule has 24 heavy (non-hydrogen) atoms. The molecule has 2 aromatic rings. The van der Waals surface area contributed by atoms with Gasteiger partial charge in [0.1, 0.15) is 0 Å². The molecule has 0 radical (unpaired) electrons. The van der Waals surface area contributed by atoms with Crippen LogP contribution in [0.25, 0.3) is 0 Å². The highest BCUT2D eigenvalue weighted by molar-refractivity contribution is 6.42. The lowest BCUT2D eigenvalue weighted by Crippen LogP contribution is -2.32. The zero-order valence-electron chi connectivity index (χ0n) is 13.3. The molecule has 7 heteroatoms. The SMILES string of the molecule is CCC(C)NC(=O)c1cncc(C(=O)Nc2ccc(Cl)c(Cl)c2)c1. The molecular formula is C17H17Cl2N3O2. The molecule has 0 spiro atoms. The zero-order chi connectivity index (χ0) is 17.7. The van der Waals surface area contributed by atoms with E-state index < -0.39 is 0 Å². The van der Waals surface area contributed by atoms with Crippen molar-refractivity contribution in [2.24, 2.45) is 0 Å². The molecule has 0 saturated heterocycles. The van der Waals surface area contributed by atoms with Gasteiger partial charge in [0, 0.05) is 24.1 Å². The number of hydrogen-bond donors (Lipinski definition) is 2. The topological polar surface area (TPSA) is 71.1 Å². The molecule has 1 aromatic carbocycles. The number of pyridine rings is 1. The lowest BCUT2D eigenvalue weighted by atomic mass is 10.1. The summed E-state index contributed by atoms with van der Waals surface area (Å²) in [4.78, 5) is 28.4. The average molecular weight is 366 g/mol. The highest BCUT2D eigenvalue weighted by Crippen LogP contribution is 2.25. The number of anilines is 1. The first-order chi connectivity index (χ1) is 11.4. The third-order valence-corrected chi connectivity index (χ3v) is 4.17. The Morgan fingerprint density at radius 1 is 1.08 bits per heavy atom. The van der Waals surface area contributed by atoms with Crippen molar-refractivity contribution in [3.8, 4) is 0 Å². The maximum Gasteiger partial charge on any atom is 0.257 e. The largest absolute Gasteiger partial charge is 0.350 e. The van der Waals surface area contributed by atoms with E-state index in [1.165, 1.54) is 18.5 Å². The molecule has 1 unspecified atom stereocenters. The number of nitrogens with zero attached hydrogens (tertiary/aromatic N) is 1. The Hall–Kier alpha value is -2.11. The van der Waals surface area contributed by atoms with Crippen molar-refractivity contribution in [3.05, 3.63) is 57.8 Å². The predicted molar refractivity (Wildman–Crippen MR) is 95.9 cm³/mol. The Bertz CT molecular complexity index is 765. The van der Waals surface area contributed by atoms with Gasteiger partial charge in [-0.3, -0.25) is 14.6 Å². The molecule has 1 aromatic heterocycles. The van der Waals surface area contributed by atoms with E-state index in [0.717, 1.165) is 6.42 Å². The van der Waals surface area contributed by atoms with Crippen LogP contribution >= 0.6 is 23.2 Å². The van der Waals surface area contributed by atoms with Crippen molar-refractivity contribution in [1.29, 1.82) is 0 Å². The summed E-state index contributed by atoms with van der Waals surface area (Å²) in [6.07, 6.45) is 3.64. The Morgan fingerprint density at radius 2 is 1.75 bits per heavy atom. The number of aromatic nitrogens is 1. The van der Waals surface area contributed by atoms with Crippen LogP contribution in [0.3, 0.4) is 0 Å². The summed E-state index contributed by atoms with van der Waals surface area (Å²) < 4.78 is 0. The molecule has 126 valence electrons. The summed E-state index contributed by atoms with van der Waals surface area (Å²) in [6.45, 7) is 3.89. The normalized spacial score (nSPS) is 11.7. The van der Waals surface area contributed by atoms with Gasteiger partial charge in [-0.15, -0.1) is 0 Å². The van der Waals surface area contributed by atoms with Crippen LogP contribution in [0.4, 0.5) is 5.69 Å². The highest BCUT2D eigenvalue weighted by atomic mass is 35.5. The number of rotatable bonds is 5. The van der Waals surface area contributed by atoms with E-state index in [4.69, 9.17) is 23.2 Å². The molecule has 1 heterocycles. The Labute approximate surface area is 150 Å². The third kappa shape index (κ3) is 4.69. The van der Waals surface area contributed by atoms with Crippen LogP contribution in [-0.4, -0.2) is 22.8 Å². The molecule has 5 nitrogen and oxygen atoms in total. The summed E-state index contributed by atoms with van der Waals surface area (Å²) in [5.74, 6) is -0.653. The first-order valence-electron chi connectivity index (χ1n) is 7.43. The summed E-state index contributed by atoms with van der Waals surface area (Å²) in [5, 5.41) is 6.27. The minimum absolute atomic E-state index is 0.0474. The number of carbonyl (C=O) groups excluding carboxylic acids is 2. The lowest BCUT2D eigenvalue weighted by Gasteiger charge is -2.12. The molecule has 1 atom stereocenters. The molecule has 0 saturated carbocycles. The first kappa shape index (κ1) is 18.2. The zero-order valence-corrected chi connectivity index (χ0v) is 14.8. The van der Waals surface area contributed by atoms with Crippen molar-refractivity contribution in [2.75, 3.05) is 5.32 Å². The molecule has 2 amide bonds. The van der Waals surface area contributed by atoms with Crippen LogP contribution in [0.15, 0.2) is 36.7 Å². The van der Waals surface area contributed by atoms with Gasteiger partial charge in [0.2, 0.25) is 0 Å². The van der Waals surface area contributed by atoms with Gasteiger partial charge >= 0.3 is 0 Å². The summed E-state index contributed by atoms with van der Waals surface area (Å²) in [5.41, 5.74) is 1.11. The van der Waals surface area contributed by atoms with E-state index in [2.05, 4.69) is 15.6 Å². The monoisotopic (exact) mass is 365 g/mol. The number of hydrogen-bond acceptors (Lipinski definition) is 3. The standard InChI is InChI=1S/C17H17Cl2N3O2/c1-3-10(2)21-16(23)11-6-12(9-20-8-11)17(24)22-13-4-5-14(18)15(19)7-13/h4-10H,3H2,1-2H3,(H,21,23)(H,22,24).